The number of nitrogens with two attached hydrogens (primary N) is 1. The largest absolute Gasteiger partial charge is 0.351 e. The Kier molecular flexibility index (Phi) is 7.79. The van der Waals surface area contributed by atoms with E-state index in [2.05, 4.69) is 16.0 Å². The molecule has 10 heteroatoms. The van der Waals surface area contributed by atoms with Crippen molar-refractivity contribution >= 4 is 5.91 Å². The number of aromatic nitrogens is 3. The average Bonchev–Trinajstić information content (AvgIpc) is 3.53. The first-order chi connectivity index (χ1) is 19.9. The number of carbonyl (C=O) groups excluding carboxylic acids is 1. The van der Waals surface area contributed by atoms with Crippen molar-refractivity contribution in [1.82, 2.24) is 29.9 Å². The summed E-state index contributed by atoms with van der Waals surface area (Å²) < 4.78 is 4.06. The quantitative estimate of drug-likeness (QED) is 0.327. The molecule has 1 amide bonds. The molecule has 216 valence electrons. The maximum Gasteiger partial charge on any atom is 0.348 e. The molecule has 0 spiro atoms. The molecule has 3 atom stereocenters. The number of rotatable bonds is 7. The van der Waals surface area contributed by atoms with E-state index in [1.165, 1.54) is 13.9 Å². The summed E-state index contributed by atoms with van der Waals surface area (Å²) in [5, 5.41) is 9.82. The lowest BCUT2D eigenvalue weighted by Crippen LogP contribution is -2.47. The predicted octanol–water partition coefficient (Wildman–Crippen LogP) is 1.62. The van der Waals surface area contributed by atoms with Gasteiger partial charge >= 0.3 is 11.4 Å². The Bertz CT molecular complexity index is 1480. The Morgan fingerprint density at radius 3 is 2.20 bits per heavy atom. The number of amides is 1. The molecular weight excluding hydrogens is 518 g/mol. The van der Waals surface area contributed by atoms with Crippen LogP contribution in [-0.4, -0.2) is 44.8 Å². The molecule has 5 N–H and O–H groups in total. The van der Waals surface area contributed by atoms with Crippen molar-refractivity contribution in [2.45, 2.75) is 76.0 Å². The minimum Gasteiger partial charge on any atom is -0.351 e. The summed E-state index contributed by atoms with van der Waals surface area (Å²) in [5.41, 5.74) is 7.99. The summed E-state index contributed by atoms with van der Waals surface area (Å²) in [7, 11) is 0. The topological polar surface area (TPSA) is 128 Å². The molecule has 3 heterocycles. The zero-order chi connectivity index (χ0) is 28.5. The molecule has 0 radical (unpaired) electrons. The first kappa shape index (κ1) is 27.4. The molecule has 1 saturated carbocycles. The molecule has 6 rings (SSSR count). The maximum absolute atomic E-state index is 13.8. The third-order valence-electron chi connectivity index (χ3n) is 8.92. The molecule has 41 heavy (non-hydrogen) atoms. The van der Waals surface area contributed by atoms with Crippen LogP contribution < -0.4 is 33.1 Å². The third-order valence-corrected chi connectivity index (χ3v) is 8.92. The fraction of sp³-hybridized carbons (Fsp3) is 0.452. The second-order valence-corrected chi connectivity index (χ2v) is 11.7. The zero-order valence-corrected chi connectivity index (χ0v) is 23.4. The van der Waals surface area contributed by atoms with Crippen LogP contribution in [0.25, 0.3) is 0 Å². The summed E-state index contributed by atoms with van der Waals surface area (Å²) in [6, 6.07) is 19.3. The molecular formula is C31H39N7O3. The standard InChI is InChI=1S/C31H39N7O3/c1-20-16-27(28(39)34-24-14-12-23(13-15-24)26-17-33-29(32)35-26)38-31(41)36(30(40)37(38)18-20)19-25(21-8-4-2-5-9-21)22-10-6-3-7-11-22/h2-11,16,23-27,29,33,35H,12-15,17-19,32H2,1H3,(H,34,39)/t23?,24?,26?,27-,29?/m0/s1. The van der Waals surface area contributed by atoms with Crippen molar-refractivity contribution in [3.05, 3.63) is 104 Å². The number of nitrogens with one attached hydrogen (secondary N) is 3. The monoisotopic (exact) mass is 557 g/mol. The number of hydrogen-bond donors (Lipinski definition) is 4. The summed E-state index contributed by atoms with van der Waals surface area (Å²) in [4.78, 5) is 41.1. The van der Waals surface area contributed by atoms with E-state index in [9.17, 15) is 14.4 Å². The van der Waals surface area contributed by atoms with Gasteiger partial charge in [0.25, 0.3) is 0 Å². The average molecular weight is 558 g/mol. The van der Waals surface area contributed by atoms with Crippen molar-refractivity contribution in [3.63, 3.8) is 0 Å². The van der Waals surface area contributed by atoms with Crippen LogP contribution in [0.15, 0.2) is 81.9 Å². The van der Waals surface area contributed by atoms with Crippen LogP contribution in [0.1, 0.15) is 55.7 Å². The molecule has 1 saturated heterocycles. The summed E-state index contributed by atoms with van der Waals surface area (Å²) >= 11 is 0. The minimum atomic E-state index is -0.867. The Labute approximate surface area is 239 Å². The van der Waals surface area contributed by atoms with Gasteiger partial charge in [-0.15, -0.1) is 0 Å². The zero-order valence-electron chi connectivity index (χ0n) is 23.4. The second kappa shape index (κ2) is 11.6. The van der Waals surface area contributed by atoms with Gasteiger partial charge in [0.2, 0.25) is 5.91 Å². The highest BCUT2D eigenvalue weighted by atomic mass is 16.2. The Morgan fingerprint density at radius 2 is 1.61 bits per heavy atom. The molecule has 1 aromatic heterocycles. The maximum atomic E-state index is 13.8. The number of carbonyl (C=O) groups is 1. The lowest BCUT2D eigenvalue weighted by Gasteiger charge is -2.33. The number of nitrogens with zero attached hydrogens (tertiary/aromatic N) is 3. The Hall–Kier alpha value is -3.73. The number of hydrogen-bond acceptors (Lipinski definition) is 6. The van der Waals surface area contributed by atoms with E-state index in [1.54, 1.807) is 0 Å². The highest BCUT2D eigenvalue weighted by molar-refractivity contribution is 5.82. The second-order valence-electron chi connectivity index (χ2n) is 11.7. The van der Waals surface area contributed by atoms with Crippen LogP contribution in [0.2, 0.25) is 0 Å². The van der Waals surface area contributed by atoms with Gasteiger partial charge in [-0.05, 0) is 55.7 Å². The molecule has 2 fully saturated rings. The SMILES string of the molecule is CC1=C[C@@H](C(=O)NC2CCC(C3CNC(N)N3)CC2)n2c(=O)n(CC(c3ccccc3)c3ccccc3)c(=O)n2C1. The van der Waals surface area contributed by atoms with Gasteiger partial charge in [-0.25, -0.2) is 23.5 Å². The van der Waals surface area contributed by atoms with E-state index < -0.39 is 17.4 Å². The van der Waals surface area contributed by atoms with Crippen LogP contribution in [-0.2, 0) is 17.9 Å². The van der Waals surface area contributed by atoms with E-state index in [4.69, 9.17) is 5.73 Å². The first-order valence-corrected chi connectivity index (χ1v) is 14.6. The predicted molar refractivity (Wildman–Crippen MR) is 157 cm³/mol. The molecule has 10 nitrogen and oxygen atoms in total. The Morgan fingerprint density at radius 1 is 0.976 bits per heavy atom. The third kappa shape index (κ3) is 5.59. The molecule has 3 aliphatic rings. The fourth-order valence-corrected chi connectivity index (χ4v) is 6.74. The van der Waals surface area contributed by atoms with E-state index in [-0.39, 0.29) is 37.2 Å². The van der Waals surface area contributed by atoms with E-state index in [0.717, 1.165) is 48.9 Å². The van der Waals surface area contributed by atoms with Crippen molar-refractivity contribution in [2.75, 3.05) is 6.54 Å². The van der Waals surface area contributed by atoms with E-state index in [0.29, 0.717) is 12.0 Å². The molecule has 2 aromatic carbocycles. The van der Waals surface area contributed by atoms with Gasteiger partial charge in [0, 0.05) is 31.1 Å². The smallest absolute Gasteiger partial charge is 0.348 e. The normalized spacial score (nSPS) is 26.0. The number of allylic oxidation sites excluding steroid dienone is 1. The van der Waals surface area contributed by atoms with Gasteiger partial charge in [0.1, 0.15) is 6.29 Å². The number of fused-ring (bicyclic) bond motifs is 1. The van der Waals surface area contributed by atoms with Crippen molar-refractivity contribution in [2.24, 2.45) is 11.7 Å². The molecule has 1 aliphatic carbocycles. The highest BCUT2D eigenvalue weighted by Crippen LogP contribution is 2.29. The van der Waals surface area contributed by atoms with Gasteiger partial charge < -0.3 is 11.1 Å². The Balaban J connectivity index is 1.23. The van der Waals surface area contributed by atoms with E-state index >= 15 is 0 Å². The van der Waals surface area contributed by atoms with Gasteiger partial charge in [0.05, 0.1) is 6.54 Å². The molecule has 2 unspecified atom stereocenters. The van der Waals surface area contributed by atoms with Gasteiger partial charge in [-0.1, -0.05) is 66.2 Å². The lowest BCUT2D eigenvalue weighted by molar-refractivity contribution is -0.124. The van der Waals surface area contributed by atoms with Gasteiger partial charge in [-0.2, -0.15) is 0 Å². The number of benzene rings is 2. The van der Waals surface area contributed by atoms with Crippen molar-refractivity contribution in [1.29, 1.82) is 0 Å². The summed E-state index contributed by atoms with van der Waals surface area (Å²) in [5.74, 6) is 0.0827. The summed E-state index contributed by atoms with van der Waals surface area (Å²) in [6.07, 6.45) is 5.40. The molecule has 3 aromatic rings. The molecule has 0 bridgehead atoms. The fourth-order valence-electron chi connectivity index (χ4n) is 6.74. The summed E-state index contributed by atoms with van der Waals surface area (Å²) in [6.45, 7) is 3.22. The van der Waals surface area contributed by atoms with E-state index in [1.807, 2.05) is 73.7 Å². The van der Waals surface area contributed by atoms with Crippen molar-refractivity contribution < 1.29 is 4.79 Å². The molecule has 2 aliphatic heterocycles. The first-order valence-electron chi connectivity index (χ1n) is 14.6. The lowest BCUT2D eigenvalue weighted by atomic mass is 9.81. The minimum absolute atomic E-state index is 0.0379. The van der Waals surface area contributed by atoms with Gasteiger partial charge in [0.15, 0.2) is 6.04 Å². The van der Waals surface area contributed by atoms with Crippen molar-refractivity contribution in [3.8, 4) is 0 Å². The van der Waals surface area contributed by atoms with Crippen LogP contribution >= 0.6 is 0 Å². The highest BCUT2D eigenvalue weighted by Gasteiger charge is 2.35. The van der Waals surface area contributed by atoms with Gasteiger partial charge in [-0.3, -0.25) is 15.4 Å². The van der Waals surface area contributed by atoms with Crippen LogP contribution in [0.3, 0.4) is 0 Å². The van der Waals surface area contributed by atoms with Crippen LogP contribution in [0, 0.1) is 5.92 Å². The van der Waals surface area contributed by atoms with Crippen LogP contribution in [0.4, 0.5) is 0 Å². The van der Waals surface area contributed by atoms with Crippen LogP contribution in [0.5, 0.6) is 0 Å².